The summed E-state index contributed by atoms with van der Waals surface area (Å²) < 4.78 is 8.99. The molecule has 2 aromatic heterocycles. The Morgan fingerprint density at radius 3 is 2.92 bits per heavy atom. The summed E-state index contributed by atoms with van der Waals surface area (Å²) in [5.41, 5.74) is 3.36. The molecule has 0 saturated heterocycles. The van der Waals surface area contributed by atoms with Gasteiger partial charge in [0, 0.05) is 12.1 Å². The summed E-state index contributed by atoms with van der Waals surface area (Å²) in [4.78, 5) is 1.19. The van der Waals surface area contributed by atoms with Gasteiger partial charge in [0.15, 0.2) is 0 Å². The van der Waals surface area contributed by atoms with Gasteiger partial charge in [0.2, 0.25) is 0 Å². The maximum Gasteiger partial charge on any atom is 0.145 e. The van der Waals surface area contributed by atoms with E-state index in [1.165, 1.54) is 23.3 Å². The maximum atomic E-state index is 5.84. The molecule has 1 aliphatic heterocycles. The highest BCUT2D eigenvalue weighted by Gasteiger charge is 2.23. The van der Waals surface area contributed by atoms with Crippen LogP contribution in [0.1, 0.15) is 25.3 Å². The molecule has 0 spiro atoms. The summed E-state index contributed by atoms with van der Waals surface area (Å²) in [7, 11) is 0. The number of rotatable bonds is 4. The van der Waals surface area contributed by atoms with Crippen molar-refractivity contribution in [3.05, 3.63) is 45.7 Å². The highest BCUT2D eigenvalue weighted by Crippen LogP contribution is 2.39. The molecule has 0 radical (unpaired) electrons. The lowest BCUT2D eigenvalue weighted by atomic mass is 10.1. The largest absolute Gasteiger partial charge is 0.492 e. The Morgan fingerprint density at radius 1 is 1.24 bits per heavy atom. The molecule has 0 bridgehead atoms. The van der Waals surface area contributed by atoms with Gasteiger partial charge in [-0.3, -0.25) is 0 Å². The van der Waals surface area contributed by atoms with Gasteiger partial charge in [-0.25, -0.2) is 4.68 Å². The Kier molecular flexibility index (Phi) is 4.81. The average molecular weight is 418 g/mol. The molecule has 3 aromatic rings. The molecule has 25 heavy (non-hydrogen) atoms. The number of benzene rings is 1. The van der Waals surface area contributed by atoms with Crippen LogP contribution in [0.25, 0.3) is 16.3 Å². The molecule has 0 saturated carbocycles. The van der Waals surface area contributed by atoms with E-state index in [0.29, 0.717) is 6.61 Å². The van der Waals surface area contributed by atoms with Gasteiger partial charge in [-0.2, -0.15) is 5.10 Å². The fourth-order valence-electron chi connectivity index (χ4n) is 3.23. The van der Waals surface area contributed by atoms with Gasteiger partial charge in [0.25, 0.3) is 0 Å². The third kappa shape index (κ3) is 3.20. The topological polar surface area (TPSA) is 39.1 Å². The smallest absolute Gasteiger partial charge is 0.145 e. The third-order valence-electron chi connectivity index (χ3n) is 4.33. The Labute approximate surface area is 160 Å². The number of fused-ring (bicyclic) bond motifs is 1. The standard InChI is InChI=1S/C19H20BrN3OS/c1-2-24-15-9-4-3-8-14(15)23-19-13(7-5-6-12-21-19)18(22-23)16-10-11-17(20)25-16/h3-4,8-11,21H,2,5-7,12H2,1H3. The highest BCUT2D eigenvalue weighted by atomic mass is 79.9. The summed E-state index contributed by atoms with van der Waals surface area (Å²) >= 11 is 5.30. The van der Waals surface area contributed by atoms with Crippen molar-refractivity contribution < 1.29 is 4.74 Å². The Morgan fingerprint density at radius 2 is 2.12 bits per heavy atom. The maximum absolute atomic E-state index is 5.84. The first kappa shape index (κ1) is 16.7. The van der Waals surface area contributed by atoms with Crippen molar-refractivity contribution in [2.75, 3.05) is 18.5 Å². The molecule has 4 nitrogen and oxygen atoms in total. The zero-order valence-electron chi connectivity index (χ0n) is 14.1. The third-order valence-corrected chi connectivity index (χ3v) is 5.96. The monoisotopic (exact) mass is 417 g/mol. The number of para-hydroxylation sites is 2. The van der Waals surface area contributed by atoms with Crippen molar-refractivity contribution in [2.24, 2.45) is 0 Å². The quantitative estimate of drug-likeness (QED) is 0.607. The predicted molar refractivity (Wildman–Crippen MR) is 107 cm³/mol. The van der Waals surface area contributed by atoms with Crippen LogP contribution in [0.3, 0.4) is 0 Å². The molecule has 3 heterocycles. The van der Waals surface area contributed by atoms with Crippen molar-refractivity contribution in [1.82, 2.24) is 9.78 Å². The Hall–Kier alpha value is -1.79. The molecule has 0 fully saturated rings. The van der Waals surface area contributed by atoms with Gasteiger partial charge < -0.3 is 10.1 Å². The minimum atomic E-state index is 0.638. The number of halogens is 1. The molecule has 1 N–H and O–H groups in total. The fourth-order valence-corrected chi connectivity index (χ4v) is 4.62. The lowest BCUT2D eigenvalue weighted by molar-refractivity contribution is 0.338. The van der Waals surface area contributed by atoms with Crippen molar-refractivity contribution in [3.63, 3.8) is 0 Å². The number of hydrogen-bond donors (Lipinski definition) is 1. The van der Waals surface area contributed by atoms with Crippen LogP contribution < -0.4 is 10.1 Å². The summed E-state index contributed by atoms with van der Waals surface area (Å²) in [6.07, 6.45) is 3.40. The van der Waals surface area contributed by atoms with Crippen molar-refractivity contribution in [2.45, 2.75) is 26.2 Å². The number of nitrogens with one attached hydrogen (secondary N) is 1. The molecule has 130 valence electrons. The van der Waals surface area contributed by atoms with E-state index in [4.69, 9.17) is 9.84 Å². The molecule has 4 rings (SSSR count). The summed E-state index contributed by atoms with van der Waals surface area (Å²) in [6.45, 7) is 3.62. The second-order valence-electron chi connectivity index (χ2n) is 5.98. The zero-order valence-corrected chi connectivity index (χ0v) is 16.5. The lowest BCUT2D eigenvalue weighted by Gasteiger charge is -2.13. The van der Waals surface area contributed by atoms with E-state index in [0.717, 1.165) is 39.7 Å². The van der Waals surface area contributed by atoms with E-state index >= 15 is 0 Å². The van der Waals surface area contributed by atoms with Crippen molar-refractivity contribution >= 4 is 33.1 Å². The van der Waals surface area contributed by atoms with Crippen LogP contribution in [-0.2, 0) is 6.42 Å². The lowest BCUT2D eigenvalue weighted by Crippen LogP contribution is -2.08. The van der Waals surface area contributed by atoms with E-state index < -0.39 is 0 Å². The van der Waals surface area contributed by atoms with Gasteiger partial charge in [-0.05, 0) is 66.4 Å². The van der Waals surface area contributed by atoms with Crippen LogP contribution in [0.15, 0.2) is 40.2 Å². The minimum Gasteiger partial charge on any atom is -0.492 e. The zero-order chi connectivity index (χ0) is 17.2. The number of thiophene rings is 1. The van der Waals surface area contributed by atoms with Crippen LogP contribution in [0.4, 0.5) is 5.82 Å². The molecular formula is C19H20BrN3OS. The Balaban J connectivity index is 1.90. The van der Waals surface area contributed by atoms with Gasteiger partial charge in [-0.15, -0.1) is 11.3 Å². The predicted octanol–water partition coefficient (Wildman–Crippen LogP) is 5.51. The van der Waals surface area contributed by atoms with Gasteiger partial charge >= 0.3 is 0 Å². The van der Waals surface area contributed by atoms with E-state index in [9.17, 15) is 0 Å². The van der Waals surface area contributed by atoms with Crippen LogP contribution in [0.2, 0.25) is 0 Å². The molecule has 1 aromatic carbocycles. The van der Waals surface area contributed by atoms with E-state index in [1.807, 2.05) is 29.8 Å². The molecule has 0 amide bonds. The SMILES string of the molecule is CCOc1ccccc1-n1nc(-c2ccc(Br)s2)c2c1NCCCC2. The van der Waals surface area contributed by atoms with Gasteiger partial charge in [0.1, 0.15) is 22.9 Å². The van der Waals surface area contributed by atoms with Crippen LogP contribution in [-0.4, -0.2) is 22.9 Å². The molecule has 0 unspecified atom stereocenters. The molecular weight excluding hydrogens is 398 g/mol. The number of hydrogen-bond acceptors (Lipinski definition) is 4. The number of ether oxygens (including phenoxy) is 1. The first-order valence-electron chi connectivity index (χ1n) is 8.61. The van der Waals surface area contributed by atoms with Gasteiger partial charge in [-0.1, -0.05) is 12.1 Å². The molecule has 6 heteroatoms. The molecule has 0 aliphatic carbocycles. The molecule has 1 aliphatic rings. The normalized spacial score (nSPS) is 13.8. The van der Waals surface area contributed by atoms with Crippen molar-refractivity contribution in [1.29, 1.82) is 0 Å². The molecule has 0 atom stereocenters. The van der Waals surface area contributed by atoms with Crippen LogP contribution >= 0.6 is 27.3 Å². The van der Waals surface area contributed by atoms with E-state index in [1.54, 1.807) is 11.3 Å². The van der Waals surface area contributed by atoms with Crippen LogP contribution in [0.5, 0.6) is 5.75 Å². The minimum absolute atomic E-state index is 0.638. The first-order valence-corrected chi connectivity index (χ1v) is 10.2. The second kappa shape index (κ2) is 7.22. The van der Waals surface area contributed by atoms with Crippen LogP contribution in [0, 0.1) is 0 Å². The highest BCUT2D eigenvalue weighted by molar-refractivity contribution is 9.11. The van der Waals surface area contributed by atoms with Gasteiger partial charge in [0.05, 0.1) is 15.3 Å². The number of anilines is 1. The average Bonchev–Trinajstić information content (AvgIpc) is 3.11. The fraction of sp³-hybridized carbons (Fsp3) is 0.316. The number of aromatic nitrogens is 2. The van der Waals surface area contributed by atoms with E-state index in [2.05, 4.69) is 39.4 Å². The number of nitrogens with zero attached hydrogens (tertiary/aromatic N) is 2. The van der Waals surface area contributed by atoms with Crippen molar-refractivity contribution in [3.8, 4) is 22.0 Å². The second-order valence-corrected chi connectivity index (χ2v) is 8.44. The summed E-state index contributed by atoms with van der Waals surface area (Å²) in [5, 5.41) is 8.59. The van der Waals surface area contributed by atoms with E-state index in [-0.39, 0.29) is 0 Å². The summed E-state index contributed by atoms with van der Waals surface area (Å²) in [6, 6.07) is 12.3. The summed E-state index contributed by atoms with van der Waals surface area (Å²) in [5.74, 6) is 1.96. The Bertz CT molecular complexity index is 887. The first-order chi connectivity index (χ1) is 12.3.